The smallest absolute Gasteiger partial charge is 0.257 e. The molecule has 21 heavy (non-hydrogen) atoms. The number of rotatable bonds is 1. The van der Waals surface area contributed by atoms with E-state index in [1.54, 1.807) is 12.1 Å². The highest BCUT2D eigenvalue weighted by Crippen LogP contribution is 2.28. The first-order valence-corrected chi connectivity index (χ1v) is 7.55. The average molecular weight is 283 g/mol. The maximum atomic E-state index is 12.7. The number of nitrogens with zero attached hydrogens (tertiary/aromatic N) is 1. The van der Waals surface area contributed by atoms with E-state index in [2.05, 4.69) is 13.8 Å². The number of carbonyl (C=O) groups excluding carboxylic acids is 1. The number of aromatic hydroxyl groups is 1. The summed E-state index contributed by atoms with van der Waals surface area (Å²) in [5.74, 6) is 1.04. The van der Waals surface area contributed by atoms with Crippen molar-refractivity contribution in [2.24, 2.45) is 11.8 Å². The molecule has 1 aliphatic heterocycles. The van der Waals surface area contributed by atoms with Crippen LogP contribution in [0.25, 0.3) is 10.8 Å². The molecule has 3 rings (SSSR count). The van der Waals surface area contributed by atoms with Gasteiger partial charge in [0.2, 0.25) is 0 Å². The molecule has 1 fully saturated rings. The maximum absolute atomic E-state index is 12.7. The van der Waals surface area contributed by atoms with Crippen LogP contribution in [0, 0.1) is 11.8 Å². The Balaban J connectivity index is 1.95. The van der Waals surface area contributed by atoms with Crippen LogP contribution in [0.4, 0.5) is 0 Å². The average Bonchev–Trinajstić information content (AvgIpc) is 2.44. The monoisotopic (exact) mass is 283 g/mol. The number of benzene rings is 2. The molecule has 0 aromatic heterocycles. The van der Waals surface area contributed by atoms with E-state index in [0.717, 1.165) is 30.3 Å². The molecule has 0 bridgehead atoms. The number of likely N-dealkylation sites (tertiary alicyclic amines) is 1. The summed E-state index contributed by atoms with van der Waals surface area (Å²) >= 11 is 0. The lowest BCUT2D eigenvalue weighted by atomic mass is 9.91. The lowest BCUT2D eigenvalue weighted by Crippen LogP contribution is -2.42. The van der Waals surface area contributed by atoms with Crippen molar-refractivity contribution < 1.29 is 9.90 Å². The van der Waals surface area contributed by atoms with E-state index < -0.39 is 0 Å². The molecule has 2 aromatic carbocycles. The predicted molar refractivity (Wildman–Crippen MR) is 84.5 cm³/mol. The van der Waals surface area contributed by atoms with Gasteiger partial charge in [0.25, 0.3) is 5.91 Å². The minimum atomic E-state index is -0.0587. The van der Waals surface area contributed by atoms with Crippen LogP contribution in [-0.4, -0.2) is 29.0 Å². The summed E-state index contributed by atoms with van der Waals surface area (Å²) in [6.45, 7) is 5.90. The van der Waals surface area contributed by atoms with Crippen LogP contribution >= 0.6 is 0 Å². The van der Waals surface area contributed by atoms with Gasteiger partial charge in [-0.3, -0.25) is 4.79 Å². The first-order chi connectivity index (χ1) is 10.0. The summed E-state index contributed by atoms with van der Waals surface area (Å²) in [4.78, 5) is 14.6. The van der Waals surface area contributed by atoms with E-state index in [1.165, 1.54) is 0 Å². The third-order valence-electron chi connectivity index (χ3n) is 4.25. The molecular weight excluding hydrogens is 262 g/mol. The van der Waals surface area contributed by atoms with E-state index in [4.69, 9.17) is 0 Å². The number of hydrogen-bond donors (Lipinski definition) is 1. The summed E-state index contributed by atoms with van der Waals surface area (Å²) in [7, 11) is 0. The molecule has 3 heteroatoms. The molecule has 2 aromatic rings. The van der Waals surface area contributed by atoms with E-state index in [1.807, 2.05) is 29.2 Å². The minimum Gasteiger partial charge on any atom is -0.507 e. The van der Waals surface area contributed by atoms with E-state index >= 15 is 0 Å². The van der Waals surface area contributed by atoms with Crippen LogP contribution < -0.4 is 0 Å². The standard InChI is InChI=1S/C18H21NO2/c1-12-7-13(2)11-19(10-12)18(21)16-8-14-5-3-4-6-15(14)9-17(16)20/h3-6,8-9,12-13,20H,7,10-11H2,1-2H3/t12-,13+. The number of phenolic OH excluding ortho intramolecular Hbond substituents is 1. The molecular formula is C18H21NO2. The third-order valence-corrected chi connectivity index (χ3v) is 4.25. The van der Waals surface area contributed by atoms with Crippen LogP contribution in [0.2, 0.25) is 0 Å². The molecule has 0 unspecified atom stereocenters. The summed E-state index contributed by atoms with van der Waals surface area (Å²) < 4.78 is 0. The number of hydrogen-bond acceptors (Lipinski definition) is 2. The second kappa shape index (κ2) is 5.40. The molecule has 0 radical (unpaired) electrons. The fraction of sp³-hybridized carbons (Fsp3) is 0.389. The Hall–Kier alpha value is -2.03. The Morgan fingerprint density at radius 2 is 1.67 bits per heavy atom. The van der Waals surface area contributed by atoms with Gasteiger partial charge >= 0.3 is 0 Å². The van der Waals surface area contributed by atoms with E-state index in [9.17, 15) is 9.90 Å². The number of amides is 1. The van der Waals surface area contributed by atoms with Gasteiger partial charge in [-0.25, -0.2) is 0 Å². The van der Waals surface area contributed by atoms with Crippen molar-refractivity contribution in [1.29, 1.82) is 0 Å². The fourth-order valence-corrected chi connectivity index (χ4v) is 3.40. The third kappa shape index (κ3) is 2.73. The van der Waals surface area contributed by atoms with Crippen molar-refractivity contribution in [1.82, 2.24) is 4.90 Å². The predicted octanol–water partition coefficient (Wildman–Crippen LogP) is 3.66. The zero-order valence-electron chi connectivity index (χ0n) is 12.5. The van der Waals surface area contributed by atoms with Crippen molar-refractivity contribution in [2.45, 2.75) is 20.3 Å². The normalized spacial score (nSPS) is 22.5. The Morgan fingerprint density at radius 3 is 2.29 bits per heavy atom. The molecule has 0 aliphatic carbocycles. The Bertz CT molecular complexity index is 670. The second-order valence-electron chi connectivity index (χ2n) is 6.37. The van der Waals surface area contributed by atoms with Gasteiger partial charge in [0.05, 0.1) is 5.56 Å². The second-order valence-corrected chi connectivity index (χ2v) is 6.37. The number of carbonyl (C=O) groups is 1. The quantitative estimate of drug-likeness (QED) is 0.867. The lowest BCUT2D eigenvalue weighted by Gasteiger charge is -2.35. The Morgan fingerprint density at radius 1 is 1.10 bits per heavy atom. The lowest BCUT2D eigenvalue weighted by molar-refractivity contribution is 0.0620. The molecule has 3 nitrogen and oxygen atoms in total. The zero-order valence-corrected chi connectivity index (χ0v) is 12.5. The molecule has 1 saturated heterocycles. The SMILES string of the molecule is C[C@@H]1C[C@H](C)CN(C(=O)c2cc3ccccc3cc2O)C1. The topological polar surface area (TPSA) is 40.5 Å². The highest BCUT2D eigenvalue weighted by molar-refractivity contribution is 6.01. The molecule has 110 valence electrons. The molecule has 1 heterocycles. The van der Waals surface area contributed by atoms with Gasteiger partial charge in [0.1, 0.15) is 5.75 Å². The highest BCUT2D eigenvalue weighted by Gasteiger charge is 2.27. The summed E-state index contributed by atoms with van der Waals surface area (Å²) in [5.41, 5.74) is 0.412. The van der Waals surface area contributed by atoms with Crippen molar-refractivity contribution >= 4 is 16.7 Å². The van der Waals surface area contributed by atoms with Crippen LogP contribution in [0.5, 0.6) is 5.75 Å². The zero-order chi connectivity index (χ0) is 15.0. The van der Waals surface area contributed by atoms with Gasteiger partial charge in [0.15, 0.2) is 0 Å². The maximum Gasteiger partial charge on any atom is 0.257 e. The molecule has 0 spiro atoms. The number of fused-ring (bicyclic) bond motifs is 1. The van der Waals surface area contributed by atoms with Gasteiger partial charge < -0.3 is 10.0 Å². The first kappa shape index (κ1) is 13.9. The fourth-order valence-electron chi connectivity index (χ4n) is 3.40. The highest BCUT2D eigenvalue weighted by atomic mass is 16.3. The molecule has 2 atom stereocenters. The van der Waals surface area contributed by atoms with Crippen LogP contribution in [0.3, 0.4) is 0 Å². The summed E-state index contributed by atoms with van der Waals surface area (Å²) in [5, 5.41) is 12.1. The molecule has 1 N–H and O–H groups in total. The van der Waals surface area contributed by atoms with Crippen molar-refractivity contribution in [3.8, 4) is 5.75 Å². The van der Waals surface area contributed by atoms with E-state index in [0.29, 0.717) is 17.4 Å². The van der Waals surface area contributed by atoms with Gasteiger partial charge in [-0.05, 0) is 41.2 Å². The van der Waals surface area contributed by atoms with Gasteiger partial charge in [-0.1, -0.05) is 38.1 Å². The van der Waals surface area contributed by atoms with Gasteiger partial charge in [-0.15, -0.1) is 0 Å². The largest absolute Gasteiger partial charge is 0.507 e. The van der Waals surface area contributed by atoms with Crippen molar-refractivity contribution in [3.63, 3.8) is 0 Å². The summed E-state index contributed by atoms with van der Waals surface area (Å²) in [6.07, 6.45) is 1.16. The van der Waals surface area contributed by atoms with Crippen molar-refractivity contribution in [2.75, 3.05) is 13.1 Å². The minimum absolute atomic E-state index is 0.0587. The Kier molecular flexibility index (Phi) is 3.58. The van der Waals surface area contributed by atoms with E-state index in [-0.39, 0.29) is 11.7 Å². The van der Waals surface area contributed by atoms with Gasteiger partial charge in [-0.2, -0.15) is 0 Å². The van der Waals surface area contributed by atoms with Crippen LogP contribution in [0.1, 0.15) is 30.6 Å². The molecule has 0 saturated carbocycles. The molecule has 1 aliphatic rings. The molecule has 1 amide bonds. The number of piperidine rings is 1. The van der Waals surface area contributed by atoms with Crippen LogP contribution in [-0.2, 0) is 0 Å². The van der Waals surface area contributed by atoms with Gasteiger partial charge in [0, 0.05) is 13.1 Å². The Labute approximate surface area is 125 Å². The summed E-state index contributed by atoms with van der Waals surface area (Å²) in [6, 6.07) is 11.3. The van der Waals surface area contributed by atoms with Crippen LogP contribution in [0.15, 0.2) is 36.4 Å². The van der Waals surface area contributed by atoms with Crippen molar-refractivity contribution in [3.05, 3.63) is 42.0 Å². The first-order valence-electron chi connectivity index (χ1n) is 7.55. The number of phenols is 1.